The van der Waals surface area contributed by atoms with Crippen molar-refractivity contribution in [2.24, 2.45) is 5.92 Å². The molecule has 3 aromatic heterocycles. The van der Waals surface area contributed by atoms with E-state index in [1.807, 2.05) is 61.5 Å². The van der Waals surface area contributed by atoms with Crippen LogP contribution in [0.5, 0.6) is 11.5 Å². The van der Waals surface area contributed by atoms with E-state index in [2.05, 4.69) is 15.3 Å². The van der Waals surface area contributed by atoms with Crippen molar-refractivity contribution < 1.29 is 14.6 Å². The number of carbonyl (C=O) groups is 1. The summed E-state index contributed by atoms with van der Waals surface area (Å²) in [6.07, 6.45) is 5.92. The van der Waals surface area contributed by atoms with Gasteiger partial charge in [-0.25, -0.2) is 9.78 Å². The molecule has 5 aromatic rings. The normalized spacial score (nSPS) is 17.3. The minimum atomic E-state index is -0.421. The SMILES string of the molecule is CC(=O)N[C@H]1CCC[C@H](CC(O)=c2sc3nccc4c3c2nc(=O)n4-c2ccc(Oc3ccccc3)cc2C)C1.S.S. The molecule has 11 heteroatoms. The van der Waals surface area contributed by atoms with E-state index in [-0.39, 0.29) is 50.6 Å². The van der Waals surface area contributed by atoms with E-state index in [1.54, 1.807) is 10.8 Å². The number of nitrogens with zero attached hydrogens (tertiary/aromatic N) is 3. The van der Waals surface area contributed by atoms with E-state index in [0.717, 1.165) is 47.2 Å². The fourth-order valence-electron chi connectivity index (χ4n) is 5.79. The topological polar surface area (TPSA) is 106 Å². The van der Waals surface area contributed by atoms with E-state index in [4.69, 9.17) is 4.74 Å². The van der Waals surface area contributed by atoms with Gasteiger partial charge in [-0.05, 0) is 74.1 Å². The molecule has 220 valence electrons. The van der Waals surface area contributed by atoms with Crippen molar-refractivity contribution in [3.8, 4) is 17.2 Å². The zero-order valence-electron chi connectivity index (χ0n) is 23.4. The first-order chi connectivity index (χ1) is 19.4. The molecule has 0 radical (unpaired) electrons. The van der Waals surface area contributed by atoms with Gasteiger partial charge in [-0.1, -0.05) is 24.6 Å². The van der Waals surface area contributed by atoms with Crippen molar-refractivity contribution in [3.05, 3.63) is 81.4 Å². The number of amides is 1. The maximum atomic E-state index is 13.5. The van der Waals surface area contributed by atoms with E-state index in [1.165, 1.54) is 18.3 Å². The summed E-state index contributed by atoms with van der Waals surface area (Å²) in [5.41, 5.74) is 2.33. The average Bonchev–Trinajstić information content (AvgIpc) is 3.29. The van der Waals surface area contributed by atoms with Crippen LogP contribution in [0.25, 0.3) is 32.7 Å². The number of ether oxygens (including phenoxy) is 1. The van der Waals surface area contributed by atoms with Gasteiger partial charge in [0.1, 0.15) is 27.6 Å². The summed E-state index contributed by atoms with van der Waals surface area (Å²) < 4.78 is 8.17. The van der Waals surface area contributed by atoms with Gasteiger partial charge in [0.05, 0.1) is 21.1 Å². The second-order valence-electron chi connectivity index (χ2n) is 10.5. The molecular weight excluding hydrogens is 589 g/mol. The molecule has 0 bridgehead atoms. The number of aromatic nitrogens is 3. The maximum absolute atomic E-state index is 13.5. The minimum Gasteiger partial charge on any atom is -0.511 e. The monoisotopic (exact) mass is 622 g/mol. The van der Waals surface area contributed by atoms with Gasteiger partial charge in [-0.3, -0.25) is 9.36 Å². The predicted molar refractivity (Wildman–Crippen MR) is 178 cm³/mol. The lowest BCUT2D eigenvalue weighted by Crippen LogP contribution is -2.37. The van der Waals surface area contributed by atoms with Crippen molar-refractivity contribution >= 4 is 71.2 Å². The molecule has 2 atom stereocenters. The number of hydrogen-bond donors (Lipinski definition) is 2. The Bertz CT molecular complexity index is 1840. The van der Waals surface area contributed by atoms with Gasteiger partial charge in [0.15, 0.2) is 0 Å². The lowest BCUT2D eigenvalue weighted by atomic mass is 9.83. The Labute approximate surface area is 261 Å². The largest absolute Gasteiger partial charge is 0.511 e. The molecule has 1 saturated carbocycles. The summed E-state index contributed by atoms with van der Waals surface area (Å²) in [6, 6.07) is 17.1. The summed E-state index contributed by atoms with van der Waals surface area (Å²) in [5, 5.41) is 15.0. The molecule has 0 aliphatic heterocycles. The molecular formula is C31H34N4O4S3. The Hall–Kier alpha value is -3.54. The van der Waals surface area contributed by atoms with Crippen molar-refractivity contribution in [1.29, 1.82) is 0 Å². The predicted octanol–water partition coefficient (Wildman–Crippen LogP) is 5.79. The number of rotatable bonds is 6. The highest BCUT2D eigenvalue weighted by Gasteiger charge is 2.25. The van der Waals surface area contributed by atoms with Gasteiger partial charge in [-0.15, -0.1) is 11.3 Å². The smallest absolute Gasteiger partial charge is 0.353 e. The maximum Gasteiger partial charge on any atom is 0.353 e. The fraction of sp³-hybridized carbons (Fsp3) is 0.290. The summed E-state index contributed by atoms with van der Waals surface area (Å²) in [6.45, 7) is 3.47. The molecule has 1 amide bonds. The Kier molecular flexibility index (Phi) is 9.85. The third kappa shape index (κ3) is 6.28. The number of hydrogen-bond acceptors (Lipinski definition) is 7. The van der Waals surface area contributed by atoms with Crippen LogP contribution in [0.2, 0.25) is 0 Å². The van der Waals surface area contributed by atoms with Crippen molar-refractivity contribution in [1.82, 2.24) is 19.9 Å². The van der Waals surface area contributed by atoms with Gasteiger partial charge in [0.25, 0.3) is 0 Å². The lowest BCUT2D eigenvalue weighted by molar-refractivity contribution is -0.119. The molecule has 3 heterocycles. The molecule has 1 fully saturated rings. The summed E-state index contributed by atoms with van der Waals surface area (Å²) in [5.74, 6) is 1.85. The Morgan fingerprint density at radius 1 is 1.12 bits per heavy atom. The van der Waals surface area contributed by atoms with Crippen LogP contribution in [0.3, 0.4) is 0 Å². The van der Waals surface area contributed by atoms with Gasteiger partial charge in [0, 0.05) is 25.6 Å². The number of aliphatic hydroxyl groups excluding tert-OH is 1. The first-order valence-corrected chi connectivity index (χ1v) is 14.3. The molecule has 8 nitrogen and oxygen atoms in total. The number of nitrogens with one attached hydrogen (secondary N) is 1. The van der Waals surface area contributed by atoms with E-state index in [0.29, 0.717) is 33.4 Å². The van der Waals surface area contributed by atoms with E-state index >= 15 is 0 Å². The number of aryl methyl sites for hydroxylation is 1. The lowest BCUT2D eigenvalue weighted by Gasteiger charge is -2.29. The number of aliphatic hydroxyl groups is 1. The molecule has 0 unspecified atom stereocenters. The van der Waals surface area contributed by atoms with Crippen LogP contribution in [0.15, 0.2) is 65.6 Å². The molecule has 42 heavy (non-hydrogen) atoms. The van der Waals surface area contributed by atoms with Gasteiger partial charge in [-0.2, -0.15) is 32.0 Å². The number of carbonyl (C=O) groups excluding carboxylic acids is 1. The first-order valence-electron chi connectivity index (χ1n) is 13.5. The van der Waals surface area contributed by atoms with Crippen LogP contribution >= 0.6 is 38.3 Å². The third-order valence-electron chi connectivity index (χ3n) is 7.51. The summed E-state index contributed by atoms with van der Waals surface area (Å²) in [7, 11) is 0. The van der Waals surface area contributed by atoms with Gasteiger partial charge < -0.3 is 15.2 Å². The fourth-order valence-corrected chi connectivity index (χ4v) is 6.85. The van der Waals surface area contributed by atoms with Crippen molar-refractivity contribution in [2.75, 3.05) is 0 Å². The number of para-hydroxylation sites is 1. The minimum absolute atomic E-state index is 0. The van der Waals surface area contributed by atoms with Gasteiger partial charge in [0.2, 0.25) is 5.91 Å². The average molecular weight is 623 g/mol. The number of pyridine rings is 1. The molecule has 2 N–H and O–H groups in total. The van der Waals surface area contributed by atoms with Crippen LogP contribution in [0.4, 0.5) is 0 Å². The van der Waals surface area contributed by atoms with Crippen LogP contribution in [0, 0.1) is 12.8 Å². The molecule has 0 spiro atoms. The molecule has 6 rings (SSSR count). The standard InChI is InChI=1S/C31H30N4O4S.2H2S/c1-18-15-23(39-22-9-4-3-5-10-22)11-12-24(18)35-25-13-14-32-30-27(25)28(34-31(35)38)29(40-30)26(37)17-20-7-6-8-21(16-20)33-19(2)36;;/h3-5,9-15,20-21,37H,6-8,16-17H2,1-2H3,(H,33,36);2*1H2/t20-,21-;;/m0../s1. The van der Waals surface area contributed by atoms with Gasteiger partial charge >= 0.3 is 5.69 Å². The zero-order valence-corrected chi connectivity index (χ0v) is 26.2. The highest BCUT2D eigenvalue weighted by molar-refractivity contribution is 7.59. The van der Waals surface area contributed by atoms with Crippen molar-refractivity contribution in [3.63, 3.8) is 0 Å². The molecule has 2 aromatic carbocycles. The summed E-state index contributed by atoms with van der Waals surface area (Å²) >= 11 is 1.36. The number of benzene rings is 2. The van der Waals surface area contributed by atoms with Crippen LogP contribution in [-0.4, -0.2) is 31.6 Å². The Balaban J connectivity index is 0.00000202. The van der Waals surface area contributed by atoms with Crippen LogP contribution in [0.1, 0.15) is 44.6 Å². The van der Waals surface area contributed by atoms with Crippen LogP contribution in [-0.2, 0) is 4.79 Å². The second-order valence-corrected chi connectivity index (χ2v) is 11.5. The second kappa shape index (κ2) is 13.2. The van der Waals surface area contributed by atoms with E-state index in [9.17, 15) is 14.7 Å². The number of thiophene rings is 1. The first kappa shape index (κ1) is 31.4. The van der Waals surface area contributed by atoms with Crippen molar-refractivity contribution in [2.45, 2.75) is 52.0 Å². The highest BCUT2D eigenvalue weighted by atomic mass is 32.1. The Morgan fingerprint density at radius 2 is 1.90 bits per heavy atom. The van der Waals surface area contributed by atoms with Crippen LogP contribution < -0.4 is 20.3 Å². The summed E-state index contributed by atoms with van der Waals surface area (Å²) in [4.78, 5) is 34.8. The third-order valence-corrected chi connectivity index (χ3v) is 8.64. The molecule has 0 saturated heterocycles. The van der Waals surface area contributed by atoms with E-state index < -0.39 is 5.69 Å². The molecule has 1 aliphatic carbocycles. The Morgan fingerprint density at radius 3 is 2.64 bits per heavy atom. The highest BCUT2D eigenvalue weighted by Crippen LogP contribution is 2.32. The zero-order chi connectivity index (χ0) is 27.8. The quantitative estimate of drug-likeness (QED) is 0.248. The molecule has 1 aliphatic rings.